The molecule has 9 nitrogen and oxygen atoms in total. The van der Waals surface area contributed by atoms with E-state index in [1.807, 2.05) is 12.1 Å². The molecular formula is C29H32ClN5O4. The van der Waals surface area contributed by atoms with Crippen LogP contribution >= 0.6 is 11.6 Å². The number of para-hydroxylation sites is 1. The average Bonchev–Trinajstić information content (AvgIpc) is 2.95. The van der Waals surface area contributed by atoms with Gasteiger partial charge in [0.1, 0.15) is 17.7 Å². The Morgan fingerprint density at radius 1 is 1.00 bits per heavy atom. The zero-order valence-electron chi connectivity index (χ0n) is 21.5. The van der Waals surface area contributed by atoms with Crippen LogP contribution < -0.4 is 25.6 Å². The monoisotopic (exact) mass is 549 g/mol. The fourth-order valence-electron chi connectivity index (χ4n) is 4.89. The summed E-state index contributed by atoms with van der Waals surface area (Å²) in [5.41, 5.74) is 1.95. The number of piperidine rings is 2. The summed E-state index contributed by atoms with van der Waals surface area (Å²) in [5.74, 6) is 0.0470. The highest BCUT2D eigenvalue weighted by atomic mass is 35.5. The summed E-state index contributed by atoms with van der Waals surface area (Å²) in [5, 5.41) is 19.6. The maximum absolute atomic E-state index is 13.6. The highest BCUT2D eigenvalue weighted by molar-refractivity contribution is 6.30. The number of anilines is 3. The van der Waals surface area contributed by atoms with Crippen molar-refractivity contribution >= 4 is 40.6 Å². The molecule has 0 radical (unpaired) electrons. The summed E-state index contributed by atoms with van der Waals surface area (Å²) in [4.78, 5) is 32.8. The molecule has 2 aliphatic rings. The van der Waals surface area contributed by atoms with Gasteiger partial charge in [0.25, 0.3) is 11.8 Å². The van der Waals surface area contributed by atoms with E-state index in [1.54, 1.807) is 42.5 Å². The number of nitrogens with zero attached hydrogens (tertiary/aromatic N) is 2. The van der Waals surface area contributed by atoms with Crippen molar-refractivity contribution in [3.8, 4) is 5.75 Å². The second-order valence-electron chi connectivity index (χ2n) is 9.81. The summed E-state index contributed by atoms with van der Waals surface area (Å²) < 4.78 is 6.38. The Hall–Kier alpha value is -3.66. The zero-order chi connectivity index (χ0) is 27.2. The predicted molar refractivity (Wildman–Crippen MR) is 152 cm³/mol. The van der Waals surface area contributed by atoms with Crippen molar-refractivity contribution in [2.24, 2.45) is 0 Å². The van der Waals surface area contributed by atoms with E-state index < -0.39 is 5.91 Å². The number of amides is 2. The number of hydrogen-bond donors (Lipinski definition) is 4. The SMILES string of the molecule is O=C(Nc1ccc(Cl)cn1)c1ccccc1NC(=O)c1ccc(N2CCCC(O)C2)cc1OC1CCNCC1. The molecule has 1 unspecified atom stereocenters. The van der Waals surface area contributed by atoms with Gasteiger partial charge in [0, 0.05) is 31.0 Å². The van der Waals surface area contributed by atoms with Crippen molar-refractivity contribution < 1.29 is 19.4 Å². The lowest BCUT2D eigenvalue weighted by Gasteiger charge is -2.33. The molecule has 5 rings (SSSR count). The molecular weight excluding hydrogens is 518 g/mol. The molecule has 0 bridgehead atoms. The number of aliphatic hydroxyl groups excluding tert-OH is 1. The van der Waals surface area contributed by atoms with Crippen LogP contribution in [0.25, 0.3) is 0 Å². The van der Waals surface area contributed by atoms with Gasteiger partial charge in [-0.3, -0.25) is 9.59 Å². The third-order valence-corrected chi connectivity index (χ3v) is 7.16. The molecule has 1 aromatic heterocycles. The second-order valence-corrected chi connectivity index (χ2v) is 10.2. The van der Waals surface area contributed by atoms with Crippen LogP contribution in [0, 0.1) is 0 Å². The number of halogens is 1. The Morgan fingerprint density at radius 3 is 2.56 bits per heavy atom. The number of hydrogen-bond acceptors (Lipinski definition) is 7. The number of benzene rings is 2. The Morgan fingerprint density at radius 2 is 1.79 bits per heavy atom. The van der Waals surface area contributed by atoms with E-state index in [1.165, 1.54) is 6.20 Å². The van der Waals surface area contributed by atoms with Gasteiger partial charge in [0.15, 0.2) is 0 Å². The largest absolute Gasteiger partial charge is 0.489 e. The minimum Gasteiger partial charge on any atom is -0.489 e. The Labute approximate surface area is 232 Å². The number of nitrogens with one attached hydrogen (secondary N) is 3. The molecule has 2 saturated heterocycles. The summed E-state index contributed by atoms with van der Waals surface area (Å²) >= 11 is 5.89. The number of carbonyl (C=O) groups is 2. The van der Waals surface area contributed by atoms with Crippen LogP contribution in [0.5, 0.6) is 5.75 Å². The molecule has 3 aromatic rings. The van der Waals surface area contributed by atoms with E-state index in [2.05, 4.69) is 25.8 Å². The zero-order valence-corrected chi connectivity index (χ0v) is 22.3. The number of carbonyl (C=O) groups excluding carboxylic acids is 2. The van der Waals surface area contributed by atoms with Gasteiger partial charge < -0.3 is 30.7 Å². The van der Waals surface area contributed by atoms with Gasteiger partial charge in [-0.05, 0) is 75.2 Å². The summed E-state index contributed by atoms with van der Waals surface area (Å²) in [6, 6.07) is 15.6. The van der Waals surface area contributed by atoms with Gasteiger partial charge in [0.05, 0.1) is 27.9 Å². The molecule has 0 aliphatic carbocycles. The molecule has 2 amide bonds. The molecule has 2 aliphatic heterocycles. The quantitative estimate of drug-likeness (QED) is 0.346. The first-order valence-electron chi connectivity index (χ1n) is 13.2. The standard InChI is InChI=1S/C29H32ClN5O4/c30-19-7-10-27(32-17-19)34-28(37)23-5-1-2-6-25(23)33-29(38)24-9-8-20(35-15-3-4-21(36)18-35)16-26(24)39-22-11-13-31-14-12-22/h1-2,5-10,16-17,21-22,31,36H,3-4,11-15,18H2,(H,33,38)(H,32,34,37). The van der Waals surface area contributed by atoms with Crippen LogP contribution in [0.3, 0.4) is 0 Å². The molecule has 2 aromatic carbocycles. The van der Waals surface area contributed by atoms with E-state index in [4.69, 9.17) is 16.3 Å². The molecule has 2 fully saturated rings. The Balaban J connectivity index is 1.38. The van der Waals surface area contributed by atoms with Crippen LogP contribution in [0.15, 0.2) is 60.8 Å². The van der Waals surface area contributed by atoms with Crippen molar-refractivity contribution in [2.75, 3.05) is 41.7 Å². The van der Waals surface area contributed by atoms with Crippen molar-refractivity contribution in [1.82, 2.24) is 10.3 Å². The molecule has 10 heteroatoms. The van der Waals surface area contributed by atoms with Crippen molar-refractivity contribution in [2.45, 2.75) is 37.9 Å². The molecule has 204 valence electrons. The number of aromatic nitrogens is 1. The first-order valence-corrected chi connectivity index (χ1v) is 13.6. The van der Waals surface area contributed by atoms with Gasteiger partial charge in [-0.2, -0.15) is 0 Å². The minimum absolute atomic E-state index is 0.00932. The lowest BCUT2D eigenvalue weighted by molar-refractivity contribution is 0.101. The van der Waals surface area contributed by atoms with E-state index in [9.17, 15) is 14.7 Å². The molecule has 3 heterocycles. The fourth-order valence-corrected chi connectivity index (χ4v) is 5.00. The van der Waals surface area contributed by atoms with Crippen molar-refractivity contribution in [3.05, 3.63) is 76.9 Å². The number of β-amino-alcohol motifs (C(OH)–C–C–N with tert-alkyl or cyclic N) is 1. The van der Waals surface area contributed by atoms with Crippen molar-refractivity contribution in [3.63, 3.8) is 0 Å². The van der Waals surface area contributed by atoms with Crippen LogP contribution in [0.1, 0.15) is 46.4 Å². The highest BCUT2D eigenvalue weighted by Gasteiger charge is 2.24. The number of rotatable bonds is 7. The number of aliphatic hydroxyl groups is 1. The second kappa shape index (κ2) is 12.5. The summed E-state index contributed by atoms with van der Waals surface area (Å²) in [6.45, 7) is 3.09. The topological polar surface area (TPSA) is 116 Å². The van der Waals surface area contributed by atoms with Crippen molar-refractivity contribution in [1.29, 1.82) is 0 Å². The van der Waals surface area contributed by atoms with Crippen LogP contribution in [0.4, 0.5) is 17.2 Å². The highest BCUT2D eigenvalue weighted by Crippen LogP contribution is 2.31. The van der Waals surface area contributed by atoms with Gasteiger partial charge in [0.2, 0.25) is 0 Å². The first-order chi connectivity index (χ1) is 19.0. The Kier molecular flexibility index (Phi) is 8.61. The minimum atomic E-state index is -0.411. The van der Waals surface area contributed by atoms with E-state index >= 15 is 0 Å². The fraction of sp³-hybridized carbons (Fsp3) is 0.345. The van der Waals surface area contributed by atoms with E-state index in [-0.39, 0.29) is 18.1 Å². The average molecular weight is 550 g/mol. The van der Waals surface area contributed by atoms with Crippen LogP contribution in [-0.2, 0) is 0 Å². The van der Waals surface area contributed by atoms with Gasteiger partial charge >= 0.3 is 0 Å². The molecule has 39 heavy (non-hydrogen) atoms. The maximum Gasteiger partial charge on any atom is 0.259 e. The molecule has 0 saturated carbocycles. The number of pyridine rings is 1. The van der Waals surface area contributed by atoms with E-state index in [0.29, 0.717) is 39.9 Å². The summed E-state index contributed by atoms with van der Waals surface area (Å²) in [7, 11) is 0. The number of ether oxygens (including phenoxy) is 1. The normalized spacial score (nSPS) is 17.9. The summed E-state index contributed by atoms with van der Waals surface area (Å²) in [6.07, 6.45) is 4.44. The van der Waals surface area contributed by atoms with Gasteiger partial charge in [-0.1, -0.05) is 23.7 Å². The van der Waals surface area contributed by atoms with Gasteiger partial charge in [-0.25, -0.2) is 4.98 Å². The smallest absolute Gasteiger partial charge is 0.259 e. The van der Waals surface area contributed by atoms with Crippen LogP contribution in [-0.4, -0.2) is 60.3 Å². The van der Waals surface area contributed by atoms with Crippen LogP contribution in [0.2, 0.25) is 5.02 Å². The third-order valence-electron chi connectivity index (χ3n) is 6.94. The third kappa shape index (κ3) is 6.86. The molecule has 4 N–H and O–H groups in total. The van der Waals surface area contributed by atoms with E-state index in [0.717, 1.165) is 51.0 Å². The Bertz CT molecular complexity index is 1310. The predicted octanol–water partition coefficient (Wildman–Crippen LogP) is 4.33. The maximum atomic E-state index is 13.6. The van der Waals surface area contributed by atoms with Gasteiger partial charge in [-0.15, -0.1) is 0 Å². The molecule has 0 spiro atoms. The first kappa shape index (κ1) is 26.9. The molecule has 1 atom stereocenters. The lowest BCUT2D eigenvalue weighted by Crippen LogP contribution is -2.38. The lowest BCUT2D eigenvalue weighted by atomic mass is 10.1.